The summed E-state index contributed by atoms with van der Waals surface area (Å²) in [6.07, 6.45) is 1.62. The first-order valence-corrected chi connectivity index (χ1v) is 7.51. The number of fused-ring (bicyclic) bond motifs is 1. The van der Waals surface area contributed by atoms with Crippen molar-refractivity contribution in [3.63, 3.8) is 0 Å². The van der Waals surface area contributed by atoms with Crippen LogP contribution in [0.25, 0.3) is 0 Å². The second kappa shape index (κ2) is 5.13. The average Bonchev–Trinajstić information content (AvgIpc) is 3.19. The molecule has 0 N–H and O–H groups in total. The van der Waals surface area contributed by atoms with Crippen molar-refractivity contribution < 1.29 is 14.4 Å². The van der Waals surface area contributed by atoms with Crippen LogP contribution in [-0.4, -0.2) is 29.0 Å². The van der Waals surface area contributed by atoms with Gasteiger partial charge in [0.25, 0.3) is 0 Å². The maximum Gasteiger partial charge on any atom is 0.233 e. The van der Waals surface area contributed by atoms with Crippen LogP contribution in [0.15, 0.2) is 28.7 Å². The number of piperidine rings is 1. The normalized spacial score (nSPS) is 23.9. The first kappa shape index (κ1) is 13.5. The van der Waals surface area contributed by atoms with Gasteiger partial charge in [-0.3, -0.25) is 19.3 Å². The van der Waals surface area contributed by atoms with E-state index in [1.807, 2.05) is 12.1 Å². The molecule has 0 bridgehead atoms. The molecule has 1 saturated carbocycles. The van der Waals surface area contributed by atoms with Crippen molar-refractivity contribution in [1.29, 1.82) is 0 Å². The molecule has 1 heterocycles. The highest BCUT2D eigenvalue weighted by Gasteiger charge is 2.58. The second-order valence-corrected chi connectivity index (χ2v) is 6.23. The number of halogens is 1. The Morgan fingerprint density at radius 3 is 2.35 bits per heavy atom. The summed E-state index contributed by atoms with van der Waals surface area (Å²) in [7, 11) is 0. The van der Waals surface area contributed by atoms with Gasteiger partial charge in [-0.05, 0) is 25.0 Å². The quantitative estimate of drug-likeness (QED) is 0.613. The van der Waals surface area contributed by atoms with Crippen molar-refractivity contribution >= 4 is 33.5 Å². The first-order valence-electron chi connectivity index (χ1n) is 6.72. The summed E-state index contributed by atoms with van der Waals surface area (Å²) in [5, 5.41) is 0. The Bertz CT molecular complexity index is 561. The third-order valence-corrected chi connectivity index (χ3v) is 4.44. The van der Waals surface area contributed by atoms with Gasteiger partial charge < -0.3 is 0 Å². The summed E-state index contributed by atoms with van der Waals surface area (Å²) in [5.74, 6) is -0.150. The van der Waals surface area contributed by atoms with Crippen LogP contribution >= 0.6 is 15.9 Å². The molecule has 0 aromatic heterocycles. The third-order valence-electron chi connectivity index (χ3n) is 3.91. The van der Waals surface area contributed by atoms with E-state index >= 15 is 0 Å². The zero-order valence-electron chi connectivity index (χ0n) is 10.8. The second-order valence-electron chi connectivity index (χ2n) is 5.31. The van der Waals surface area contributed by atoms with Crippen molar-refractivity contribution in [2.75, 3.05) is 6.54 Å². The largest absolute Gasteiger partial charge is 0.294 e. The molecule has 2 amide bonds. The van der Waals surface area contributed by atoms with Crippen molar-refractivity contribution in [3.05, 3.63) is 34.3 Å². The van der Waals surface area contributed by atoms with Crippen molar-refractivity contribution in [2.24, 2.45) is 11.8 Å². The van der Waals surface area contributed by atoms with Crippen molar-refractivity contribution in [1.82, 2.24) is 4.90 Å². The fourth-order valence-electron chi connectivity index (χ4n) is 2.65. The van der Waals surface area contributed by atoms with Gasteiger partial charge in [0.15, 0.2) is 5.78 Å². The summed E-state index contributed by atoms with van der Waals surface area (Å²) in [4.78, 5) is 36.8. The highest BCUT2D eigenvalue weighted by Crippen LogP contribution is 2.46. The number of carbonyl (C=O) groups excluding carboxylic acids is 3. The molecule has 1 aliphatic carbocycles. The Labute approximate surface area is 125 Å². The molecule has 4 nitrogen and oxygen atoms in total. The molecule has 2 fully saturated rings. The van der Waals surface area contributed by atoms with Crippen LogP contribution in [0.4, 0.5) is 0 Å². The molecular weight excluding hydrogens is 322 g/mol. The van der Waals surface area contributed by atoms with Crippen LogP contribution in [-0.2, 0) is 9.59 Å². The molecule has 1 aliphatic heterocycles. The molecule has 1 saturated heterocycles. The van der Waals surface area contributed by atoms with Gasteiger partial charge in [-0.15, -0.1) is 0 Å². The Morgan fingerprint density at radius 2 is 1.75 bits per heavy atom. The van der Waals surface area contributed by atoms with E-state index in [9.17, 15) is 14.4 Å². The molecular formula is C15H14BrNO3. The average molecular weight is 336 g/mol. The van der Waals surface area contributed by atoms with Crippen molar-refractivity contribution in [3.8, 4) is 0 Å². The van der Waals surface area contributed by atoms with E-state index < -0.39 is 0 Å². The number of ketones is 1. The lowest BCUT2D eigenvalue weighted by Crippen LogP contribution is -2.34. The number of imide groups is 1. The van der Waals surface area contributed by atoms with Crippen LogP contribution in [0.2, 0.25) is 0 Å². The van der Waals surface area contributed by atoms with Crippen LogP contribution in [0, 0.1) is 11.8 Å². The van der Waals surface area contributed by atoms with E-state index in [2.05, 4.69) is 15.9 Å². The minimum Gasteiger partial charge on any atom is -0.294 e. The Balaban J connectivity index is 1.50. The highest BCUT2D eigenvalue weighted by atomic mass is 79.9. The maximum atomic E-state index is 12.0. The van der Waals surface area contributed by atoms with Crippen LogP contribution in [0.3, 0.4) is 0 Å². The summed E-state index contributed by atoms with van der Waals surface area (Å²) in [6, 6.07) is 7.20. The minimum absolute atomic E-state index is 0.0433. The zero-order chi connectivity index (χ0) is 14.3. The fourth-order valence-corrected chi connectivity index (χ4v) is 2.91. The monoisotopic (exact) mass is 335 g/mol. The number of amides is 2. The fraction of sp³-hybridized carbons (Fsp3) is 0.400. The molecule has 2 atom stereocenters. The van der Waals surface area contributed by atoms with E-state index in [4.69, 9.17) is 0 Å². The Kier molecular flexibility index (Phi) is 3.46. The summed E-state index contributed by atoms with van der Waals surface area (Å²) >= 11 is 3.32. The van der Waals surface area contributed by atoms with E-state index in [0.717, 1.165) is 10.9 Å². The van der Waals surface area contributed by atoms with Gasteiger partial charge in [-0.1, -0.05) is 28.1 Å². The minimum atomic E-state index is -0.0512. The van der Waals surface area contributed by atoms with Gasteiger partial charge in [-0.2, -0.15) is 0 Å². The van der Waals surface area contributed by atoms with Crippen LogP contribution < -0.4 is 0 Å². The summed E-state index contributed by atoms with van der Waals surface area (Å²) in [5.41, 5.74) is 0.662. The van der Waals surface area contributed by atoms with Crippen LogP contribution in [0.1, 0.15) is 29.6 Å². The van der Waals surface area contributed by atoms with E-state index in [-0.39, 0.29) is 29.4 Å². The number of carbonyl (C=O) groups is 3. The number of likely N-dealkylation sites (tertiary alicyclic amines) is 1. The predicted molar refractivity (Wildman–Crippen MR) is 76.0 cm³/mol. The van der Waals surface area contributed by atoms with Crippen LogP contribution in [0.5, 0.6) is 0 Å². The SMILES string of the molecule is O=C(CCCN1C(=O)C2CC2C1=O)c1ccc(Br)cc1. The number of benzene rings is 1. The number of Topliss-reactive ketones (excluding diaryl/α,β-unsaturated/α-hetero) is 1. The smallest absolute Gasteiger partial charge is 0.233 e. The van der Waals surface area contributed by atoms with Gasteiger partial charge in [0.2, 0.25) is 11.8 Å². The summed E-state index contributed by atoms with van der Waals surface area (Å²) < 4.78 is 0.932. The Hall–Kier alpha value is -1.49. The molecule has 104 valence electrons. The standard InChI is InChI=1S/C15H14BrNO3/c16-10-5-3-9(4-6-10)13(18)2-1-7-17-14(19)11-8-12(11)15(17)20/h3-6,11-12H,1-2,7-8H2. The lowest BCUT2D eigenvalue weighted by Gasteiger charge is -2.15. The third kappa shape index (κ3) is 2.42. The first-order chi connectivity index (χ1) is 9.58. The molecule has 20 heavy (non-hydrogen) atoms. The summed E-state index contributed by atoms with van der Waals surface area (Å²) in [6.45, 7) is 0.368. The molecule has 2 unspecified atom stereocenters. The number of rotatable bonds is 5. The molecule has 2 aliphatic rings. The lowest BCUT2D eigenvalue weighted by molar-refractivity contribution is -0.141. The molecule has 0 spiro atoms. The number of hydrogen-bond acceptors (Lipinski definition) is 3. The molecule has 1 aromatic carbocycles. The van der Waals surface area contributed by atoms with Gasteiger partial charge in [-0.25, -0.2) is 0 Å². The van der Waals surface area contributed by atoms with E-state index in [1.54, 1.807) is 12.1 Å². The van der Waals surface area contributed by atoms with Gasteiger partial charge >= 0.3 is 0 Å². The Morgan fingerprint density at radius 1 is 1.15 bits per heavy atom. The maximum absolute atomic E-state index is 12.0. The number of nitrogens with zero attached hydrogens (tertiary/aromatic N) is 1. The van der Waals surface area contributed by atoms with Crippen molar-refractivity contribution in [2.45, 2.75) is 19.3 Å². The van der Waals surface area contributed by atoms with E-state index in [1.165, 1.54) is 4.90 Å². The molecule has 1 aromatic rings. The highest BCUT2D eigenvalue weighted by molar-refractivity contribution is 9.10. The topological polar surface area (TPSA) is 54.5 Å². The van der Waals surface area contributed by atoms with E-state index in [0.29, 0.717) is 24.9 Å². The molecule has 3 rings (SSSR count). The van der Waals surface area contributed by atoms with Gasteiger partial charge in [0.1, 0.15) is 0 Å². The molecule has 5 heteroatoms. The molecule has 0 radical (unpaired) electrons. The van der Waals surface area contributed by atoms with Gasteiger partial charge in [0, 0.05) is 23.0 Å². The number of hydrogen-bond donors (Lipinski definition) is 0. The lowest BCUT2D eigenvalue weighted by atomic mass is 10.1. The van der Waals surface area contributed by atoms with Gasteiger partial charge in [0.05, 0.1) is 11.8 Å². The zero-order valence-corrected chi connectivity index (χ0v) is 12.4. The predicted octanol–water partition coefficient (Wildman–Crippen LogP) is 2.42.